The highest BCUT2D eigenvalue weighted by molar-refractivity contribution is 7.10. The van der Waals surface area contributed by atoms with E-state index in [9.17, 15) is 4.79 Å². The van der Waals surface area contributed by atoms with Gasteiger partial charge in [-0.3, -0.25) is 4.79 Å². The third-order valence-corrected chi connectivity index (χ3v) is 3.73. The summed E-state index contributed by atoms with van der Waals surface area (Å²) in [5, 5.41) is 5.58. The normalized spacial score (nSPS) is 12.1. The molecule has 0 aliphatic heterocycles. The van der Waals surface area contributed by atoms with E-state index >= 15 is 0 Å². The predicted molar refractivity (Wildman–Crippen MR) is 71.7 cm³/mol. The number of halogens is 1. The molecule has 1 atom stereocenters. The van der Waals surface area contributed by atoms with Crippen LogP contribution in [-0.4, -0.2) is 5.91 Å². The van der Waals surface area contributed by atoms with Crippen LogP contribution in [0.3, 0.4) is 0 Å². The molecule has 2 aromatic rings. The summed E-state index contributed by atoms with van der Waals surface area (Å²) in [6.45, 7) is 1.97. The summed E-state index contributed by atoms with van der Waals surface area (Å²) >= 11 is 7.41. The Morgan fingerprint density at radius 2 is 2.00 bits per heavy atom. The van der Waals surface area contributed by atoms with Crippen molar-refractivity contribution in [1.29, 1.82) is 0 Å². The zero-order valence-corrected chi connectivity index (χ0v) is 10.9. The minimum absolute atomic E-state index is 0.0261. The summed E-state index contributed by atoms with van der Waals surface area (Å²) in [4.78, 5) is 13.1. The van der Waals surface area contributed by atoms with Gasteiger partial charge in [0.2, 0.25) is 0 Å². The van der Waals surface area contributed by atoms with Crippen molar-refractivity contribution in [2.75, 3.05) is 0 Å². The van der Waals surface area contributed by atoms with Crippen LogP contribution in [0.2, 0.25) is 5.02 Å². The van der Waals surface area contributed by atoms with Crippen LogP contribution in [0.1, 0.15) is 28.2 Å². The fourth-order valence-electron chi connectivity index (χ4n) is 1.49. The minimum Gasteiger partial charge on any atom is -0.345 e. The standard InChI is InChI=1S/C13H12ClNOS/c1-9(12-3-2-8-17-12)15-13(16)10-4-6-11(14)7-5-10/h2-9H,1H3,(H,15,16). The summed E-state index contributed by atoms with van der Waals surface area (Å²) in [6, 6.07) is 10.9. The smallest absolute Gasteiger partial charge is 0.251 e. The highest BCUT2D eigenvalue weighted by Gasteiger charge is 2.11. The predicted octanol–water partition coefficient (Wildman–Crippen LogP) is 3.89. The molecule has 0 spiro atoms. The average Bonchev–Trinajstić information content (AvgIpc) is 2.83. The first kappa shape index (κ1) is 12.1. The van der Waals surface area contributed by atoms with Gasteiger partial charge in [-0.1, -0.05) is 17.7 Å². The van der Waals surface area contributed by atoms with E-state index in [-0.39, 0.29) is 11.9 Å². The number of benzene rings is 1. The Balaban J connectivity index is 2.04. The van der Waals surface area contributed by atoms with Gasteiger partial charge in [-0.15, -0.1) is 11.3 Å². The molecule has 0 bridgehead atoms. The number of amides is 1. The number of thiophene rings is 1. The van der Waals surface area contributed by atoms with Crippen molar-refractivity contribution >= 4 is 28.8 Å². The molecule has 88 valence electrons. The van der Waals surface area contributed by atoms with Gasteiger partial charge in [0.25, 0.3) is 5.91 Å². The zero-order chi connectivity index (χ0) is 12.3. The number of nitrogens with one attached hydrogen (secondary N) is 1. The van der Waals surface area contributed by atoms with Crippen LogP contribution >= 0.6 is 22.9 Å². The van der Waals surface area contributed by atoms with Gasteiger partial charge in [0, 0.05) is 15.5 Å². The Labute approximate surface area is 109 Å². The van der Waals surface area contributed by atoms with Gasteiger partial charge in [0.1, 0.15) is 0 Å². The van der Waals surface area contributed by atoms with Gasteiger partial charge in [-0.2, -0.15) is 0 Å². The van der Waals surface area contributed by atoms with E-state index in [0.29, 0.717) is 10.6 Å². The van der Waals surface area contributed by atoms with E-state index in [1.54, 1.807) is 35.6 Å². The van der Waals surface area contributed by atoms with Crippen molar-refractivity contribution in [1.82, 2.24) is 5.32 Å². The molecule has 0 aliphatic carbocycles. The van der Waals surface area contributed by atoms with E-state index in [2.05, 4.69) is 5.32 Å². The molecule has 1 aromatic heterocycles. The maximum absolute atomic E-state index is 11.9. The lowest BCUT2D eigenvalue weighted by atomic mass is 10.2. The minimum atomic E-state index is -0.0810. The summed E-state index contributed by atoms with van der Waals surface area (Å²) in [6.07, 6.45) is 0. The highest BCUT2D eigenvalue weighted by Crippen LogP contribution is 2.18. The molecule has 0 saturated heterocycles. The second-order valence-corrected chi connectivity index (χ2v) is 5.13. The van der Waals surface area contributed by atoms with Gasteiger partial charge in [-0.25, -0.2) is 0 Å². The van der Waals surface area contributed by atoms with Crippen molar-refractivity contribution in [2.45, 2.75) is 13.0 Å². The quantitative estimate of drug-likeness (QED) is 0.896. The van der Waals surface area contributed by atoms with Crippen LogP contribution in [0.4, 0.5) is 0 Å². The van der Waals surface area contributed by atoms with Gasteiger partial charge >= 0.3 is 0 Å². The monoisotopic (exact) mass is 265 g/mol. The van der Waals surface area contributed by atoms with E-state index in [0.717, 1.165) is 4.88 Å². The van der Waals surface area contributed by atoms with Crippen LogP contribution in [0.15, 0.2) is 41.8 Å². The van der Waals surface area contributed by atoms with Gasteiger partial charge in [0.05, 0.1) is 6.04 Å². The highest BCUT2D eigenvalue weighted by atomic mass is 35.5. The molecule has 0 fully saturated rings. The molecule has 0 aliphatic rings. The number of carbonyl (C=O) groups is 1. The Hall–Kier alpha value is -1.32. The molecular weight excluding hydrogens is 254 g/mol. The molecule has 2 rings (SSSR count). The lowest BCUT2D eigenvalue weighted by Gasteiger charge is -2.12. The Morgan fingerprint density at radius 3 is 2.59 bits per heavy atom. The van der Waals surface area contributed by atoms with Gasteiger partial charge in [0.15, 0.2) is 0 Å². The molecule has 1 unspecified atom stereocenters. The number of carbonyl (C=O) groups excluding carboxylic acids is 1. The maximum Gasteiger partial charge on any atom is 0.251 e. The third-order valence-electron chi connectivity index (χ3n) is 2.42. The van der Waals surface area contributed by atoms with E-state index in [1.807, 2.05) is 24.4 Å². The second kappa shape index (κ2) is 5.34. The Kier molecular flexibility index (Phi) is 3.82. The summed E-state index contributed by atoms with van der Waals surface area (Å²) in [5.41, 5.74) is 0.623. The molecule has 17 heavy (non-hydrogen) atoms. The Bertz CT molecular complexity index is 493. The van der Waals surface area contributed by atoms with Gasteiger partial charge < -0.3 is 5.32 Å². The lowest BCUT2D eigenvalue weighted by Crippen LogP contribution is -2.25. The summed E-state index contributed by atoms with van der Waals surface area (Å²) < 4.78 is 0. The maximum atomic E-state index is 11.9. The van der Waals surface area contributed by atoms with Crippen LogP contribution in [0.5, 0.6) is 0 Å². The topological polar surface area (TPSA) is 29.1 Å². The van der Waals surface area contributed by atoms with Crippen molar-refractivity contribution < 1.29 is 4.79 Å². The summed E-state index contributed by atoms with van der Waals surface area (Å²) in [5.74, 6) is -0.0810. The fraction of sp³-hybridized carbons (Fsp3) is 0.154. The van der Waals surface area contributed by atoms with Crippen LogP contribution in [0.25, 0.3) is 0 Å². The molecule has 1 heterocycles. The number of rotatable bonds is 3. The lowest BCUT2D eigenvalue weighted by molar-refractivity contribution is 0.0940. The first-order valence-corrected chi connectivity index (χ1v) is 6.52. The zero-order valence-electron chi connectivity index (χ0n) is 9.31. The Morgan fingerprint density at radius 1 is 1.29 bits per heavy atom. The average molecular weight is 266 g/mol. The van der Waals surface area contributed by atoms with Gasteiger partial charge in [-0.05, 0) is 42.6 Å². The number of hydrogen-bond donors (Lipinski definition) is 1. The molecule has 0 radical (unpaired) electrons. The first-order valence-electron chi connectivity index (χ1n) is 5.26. The van der Waals surface area contributed by atoms with Crippen molar-refractivity contribution in [3.8, 4) is 0 Å². The summed E-state index contributed by atoms with van der Waals surface area (Å²) in [7, 11) is 0. The van der Waals surface area contributed by atoms with Crippen molar-refractivity contribution in [2.24, 2.45) is 0 Å². The molecule has 0 saturated carbocycles. The van der Waals surface area contributed by atoms with Crippen molar-refractivity contribution in [3.63, 3.8) is 0 Å². The van der Waals surface area contributed by atoms with Crippen LogP contribution < -0.4 is 5.32 Å². The largest absolute Gasteiger partial charge is 0.345 e. The van der Waals surface area contributed by atoms with Crippen molar-refractivity contribution in [3.05, 3.63) is 57.2 Å². The molecular formula is C13H12ClNOS. The first-order chi connectivity index (χ1) is 8.16. The SMILES string of the molecule is CC(NC(=O)c1ccc(Cl)cc1)c1cccs1. The molecule has 1 aromatic carbocycles. The van der Waals surface area contributed by atoms with E-state index < -0.39 is 0 Å². The van der Waals surface area contributed by atoms with E-state index in [1.165, 1.54) is 0 Å². The van der Waals surface area contributed by atoms with E-state index in [4.69, 9.17) is 11.6 Å². The third kappa shape index (κ3) is 3.08. The second-order valence-electron chi connectivity index (χ2n) is 3.72. The van der Waals surface area contributed by atoms with Crippen LogP contribution in [0, 0.1) is 0 Å². The molecule has 4 heteroatoms. The van der Waals surface area contributed by atoms with Crippen LogP contribution in [-0.2, 0) is 0 Å². The fourth-order valence-corrected chi connectivity index (χ4v) is 2.35. The molecule has 1 N–H and O–H groups in total. The number of hydrogen-bond acceptors (Lipinski definition) is 2. The molecule has 2 nitrogen and oxygen atoms in total. The molecule has 1 amide bonds.